The van der Waals surface area contributed by atoms with Crippen molar-refractivity contribution >= 4 is 28.9 Å². The van der Waals surface area contributed by atoms with E-state index in [1.54, 1.807) is 18.2 Å². The number of halogens is 1. The molecule has 0 aromatic heterocycles. The summed E-state index contributed by atoms with van der Waals surface area (Å²) in [6, 6.07) is 11.6. The average Bonchev–Trinajstić information content (AvgIpc) is 2.42. The number of rotatable bonds is 3. The number of aromatic hydroxyl groups is 1. The molecule has 1 amide bonds. The average molecular weight is 291 g/mol. The minimum Gasteiger partial charge on any atom is -0.508 e. The largest absolute Gasteiger partial charge is 0.508 e. The number of carbonyl (C=O) groups excluding carboxylic acids is 1. The molecule has 0 unspecified atom stereocenters. The highest BCUT2D eigenvalue weighted by Gasteiger charge is 2.09. The zero-order chi connectivity index (χ0) is 14.7. The molecule has 0 spiro atoms. The molecule has 2 aromatic rings. The van der Waals surface area contributed by atoms with E-state index in [1.807, 2.05) is 31.1 Å². The lowest BCUT2D eigenvalue weighted by Crippen LogP contribution is -2.13. The van der Waals surface area contributed by atoms with Gasteiger partial charge in [-0.25, -0.2) is 0 Å². The third-order valence-electron chi connectivity index (χ3n) is 2.85. The molecular weight excluding hydrogens is 276 g/mol. The molecule has 0 atom stereocenters. The van der Waals surface area contributed by atoms with E-state index < -0.39 is 0 Å². The normalized spacial score (nSPS) is 10.2. The highest BCUT2D eigenvalue weighted by molar-refractivity contribution is 6.34. The maximum absolute atomic E-state index is 12.1. The van der Waals surface area contributed by atoms with E-state index >= 15 is 0 Å². The summed E-state index contributed by atoms with van der Waals surface area (Å²) < 4.78 is 0. The summed E-state index contributed by atoms with van der Waals surface area (Å²) in [5, 5.41) is 12.3. The topological polar surface area (TPSA) is 52.6 Å². The van der Waals surface area contributed by atoms with Crippen molar-refractivity contribution in [2.75, 3.05) is 24.3 Å². The number of phenols is 1. The van der Waals surface area contributed by atoms with Gasteiger partial charge in [0, 0.05) is 31.4 Å². The number of amides is 1. The predicted molar refractivity (Wildman–Crippen MR) is 81.8 cm³/mol. The Morgan fingerprint density at radius 3 is 2.35 bits per heavy atom. The van der Waals surface area contributed by atoms with Crippen LogP contribution in [0.15, 0.2) is 42.5 Å². The van der Waals surface area contributed by atoms with Crippen molar-refractivity contribution in [3.63, 3.8) is 0 Å². The molecule has 0 fully saturated rings. The Hall–Kier alpha value is -2.20. The van der Waals surface area contributed by atoms with E-state index in [0.29, 0.717) is 16.3 Å². The van der Waals surface area contributed by atoms with Crippen LogP contribution in [-0.4, -0.2) is 25.1 Å². The number of benzene rings is 2. The fourth-order valence-electron chi connectivity index (χ4n) is 1.71. The van der Waals surface area contributed by atoms with E-state index in [1.165, 1.54) is 12.1 Å². The fourth-order valence-corrected chi connectivity index (χ4v) is 1.93. The molecule has 0 bridgehead atoms. The number of anilines is 2. The number of hydrogen-bond donors (Lipinski definition) is 2. The van der Waals surface area contributed by atoms with Gasteiger partial charge in [-0.1, -0.05) is 11.6 Å². The maximum atomic E-state index is 12.1. The Kier molecular flexibility index (Phi) is 4.15. The number of carbonyl (C=O) groups is 1. The molecule has 2 N–H and O–H groups in total. The summed E-state index contributed by atoms with van der Waals surface area (Å²) in [5.74, 6) is -0.189. The van der Waals surface area contributed by atoms with Gasteiger partial charge < -0.3 is 15.3 Å². The van der Waals surface area contributed by atoms with E-state index in [4.69, 9.17) is 11.6 Å². The van der Waals surface area contributed by atoms with Crippen molar-refractivity contribution in [2.45, 2.75) is 0 Å². The minimum absolute atomic E-state index is 0.0586. The smallest absolute Gasteiger partial charge is 0.255 e. The number of nitrogens with one attached hydrogen (secondary N) is 1. The summed E-state index contributed by atoms with van der Waals surface area (Å²) in [6.07, 6.45) is 0. The highest BCUT2D eigenvalue weighted by atomic mass is 35.5. The van der Waals surface area contributed by atoms with Crippen molar-refractivity contribution in [2.24, 2.45) is 0 Å². The SMILES string of the molecule is CN(C)c1ccc(C(=O)Nc2ccc(O)cc2Cl)cc1. The Bertz CT molecular complexity index is 624. The van der Waals surface area contributed by atoms with Crippen LogP contribution in [0.1, 0.15) is 10.4 Å². The van der Waals surface area contributed by atoms with Gasteiger partial charge in [0.15, 0.2) is 0 Å². The fraction of sp³-hybridized carbons (Fsp3) is 0.133. The molecule has 0 aliphatic rings. The van der Waals surface area contributed by atoms with E-state index in [-0.39, 0.29) is 11.7 Å². The number of hydrogen-bond acceptors (Lipinski definition) is 3. The molecule has 4 nitrogen and oxygen atoms in total. The molecule has 104 valence electrons. The summed E-state index contributed by atoms with van der Waals surface area (Å²) >= 11 is 5.95. The quantitative estimate of drug-likeness (QED) is 0.852. The van der Waals surface area contributed by atoms with Gasteiger partial charge in [0.05, 0.1) is 10.7 Å². The van der Waals surface area contributed by atoms with Gasteiger partial charge in [-0.05, 0) is 36.4 Å². The molecule has 2 aromatic carbocycles. The molecule has 5 heteroatoms. The van der Waals surface area contributed by atoms with Crippen LogP contribution in [0.3, 0.4) is 0 Å². The van der Waals surface area contributed by atoms with Crippen LogP contribution in [0, 0.1) is 0 Å². The van der Waals surface area contributed by atoms with Crippen molar-refractivity contribution in [1.82, 2.24) is 0 Å². The van der Waals surface area contributed by atoms with Crippen molar-refractivity contribution in [3.05, 3.63) is 53.1 Å². The molecule has 0 saturated heterocycles. The second-order valence-corrected chi connectivity index (χ2v) is 4.97. The van der Waals surface area contributed by atoms with Crippen LogP contribution >= 0.6 is 11.6 Å². The van der Waals surface area contributed by atoms with E-state index in [2.05, 4.69) is 5.32 Å². The lowest BCUT2D eigenvalue weighted by atomic mass is 10.2. The molecule has 0 radical (unpaired) electrons. The van der Waals surface area contributed by atoms with Crippen LogP contribution in [-0.2, 0) is 0 Å². The Morgan fingerprint density at radius 1 is 1.15 bits per heavy atom. The van der Waals surface area contributed by atoms with Gasteiger partial charge in [-0.2, -0.15) is 0 Å². The second-order valence-electron chi connectivity index (χ2n) is 4.56. The first-order valence-corrected chi connectivity index (χ1v) is 6.42. The molecule has 20 heavy (non-hydrogen) atoms. The minimum atomic E-state index is -0.247. The van der Waals surface area contributed by atoms with Gasteiger partial charge >= 0.3 is 0 Å². The van der Waals surface area contributed by atoms with Crippen LogP contribution in [0.2, 0.25) is 5.02 Å². The summed E-state index contributed by atoms with van der Waals surface area (Å²) in [6.45, 7) is 0. The standard InChI is InChI=1S/C15H15ClN2O2/c1-18(2)11-5-3-10(4-6-11)15(20)17-14-8-7-12(19)9-13(14)16/h3-9,19H,1-2H3,(H,17,20). The van der Waals surface area contributed by atoms with Gasteiger partial charge in [-0.3, -0.25) is 4.79 Å². The summed E-state index contributed by atoms with van der Waals surface area (Å²) in [4.78, 5) is 14.0. The summed E-state index contributed by atoms with van der Waals surface area (Å²) in [5.41, 5.74) is 2.02. The van der Waals surface area contributed by atoms with E-state index in [0.717, 1.165) is 5.69 Å². The summed E-state index contributed by atoms with van der Waals surface area (Å²) in [7, 11) is 3.87. The third kappa shape index (κ3) is 3.22. The lowest BCUT2D eigenvalue weighted by molar-refractivity contribution is 0.102. The van der Waals surface area contributed by atoms with Gasteiger partial charge in [-0.15, -0.1) is 0 Å². The monoisotopic (exact) mass is 290 g/mol. The molecule has 0 heterocycles. The first kappa shape index (κ1) is 14.2. The van der Waals surface area contributed by atoms with Crippen LogP contribution in [0.25, 0.3) is 0 Å². The molecule has 0 aliphatic carbocycles. The van der Waals surface area contributed by atoms with Crippen molar-refractivity contribution < 1.29 is 9.90 Å². The lowest BCUT2D eigenvalue weighted by Gasteiger charge is -2.13. The zero-order valence-electron chi connectivity index (χ0n) is 11.2. The molecule has 0 saturated carbocycles. The third-order valence-corrected chi connectivity index (χ3v) is 3.16. The number of nitrogens with zero attached hydrogens (tertiary/aromatic N) is 1. The van der Waals surface area contributed by atoms with Crippen molar-refractivity contribution in [3.8, 4) is 5.75 Å². The predicted octanol–water partition coefficient (Wildman–Crippen LogP) is 3.36. The van der Waals surface area contributed by atoms with Gasteiger partial charge in [0.2, 0.25) is 0 Å². The Labute approximate surface area is 122 Å². The van der Waals surface area contributed by atoms with Crippen LogP contribution in [0.4, 0.5) is 11.4 Å². The number of phenolic OH excluding ortho intramolecular Hbond substituents is 1. The zero-order valence-corrected chi connectivity index (χ0v) is 12.0. The van der Waals surface area contributed by atoms with Gasteiger partial charge in [0.25, 0.3) is 5.91 Å². The first-order chi connectivity index (χ1) is 9.47. The van der Waals surface area contributed by atoms with Gasteiger partial charge in [0.1, 0.15) is 5.75 Å². The highest BCUT2D eigenvalue weighted by Crippen LogP contribution is 2.26. The second kappa shape index (κ2) is 5.84. The van der Waals surface area contributed by atoms with E-state index in [9.17, 15) is 9.90 Å². The van der Waals surface area contributed by atoms with Crippen LogP contribution in [0.5, 0.6) is 5.75 Å². The van der Waals surface area contributed by atoms with Crippen LogP contribution < -0.4 is 10.2 Å². The molecule has 2 rings (SSSR count). The molecular formula is C15H15ClN2O2. The Balaban J connectivity index is 2.15. The maximum Gasteiger partial charge on any atom is 0.255 e. The Morgan fingerprint density at radius 2 is 1.80 bits per heavy atom. The van der Waals surface area contributed by atoms with Crippen molar-refractivity contribution in [1.29, 1.82) is 0 Å². The molecule has 0 aliphatic heterocycles. The first-order valence-electron chi connectivity index (χ1n) is 6.04.